The van der Waals surface area contributed by atoms with Gasteiger partial charge in [0, 0.05) is 4.47 Å². The van der Waals surface area contributed by atoms with Crippen LogP contribution in [-0.2, 0) is 0 Å². The van der Waals surface area contributed by atoms with Gasteiger partial charge in [-0.15, -0.1) is 0 Å². The first-order valence-electron chi connectivity index (χ1n) is 5.39. The smallest absolute Gasteiger partial charge is 0.332 e. The van der Waals surface area contributed by atoms with Crippen molar-refractivity contribution in [1.29, 1.82) is 0 Å². The Kier molecular flexibility index (Phi) is 3.79. The third-order valence-corrected chi connectivity index (χ3v) is 3.13. The van der Waals surface area contributed by atoms with Crippen molar-refractivity contribution in [3.63, 3.8) is 0 Å². The first-order valence-corrected chi connectivity index (χ1v) is 6.19. The number of para-hydroxylation sites is 1. The molecule has 9 heteroatoms. The highest BCUT2D eigenvalue weighted by molar-refractivity contribution is 9.10. The standard InChI is InChI=1S/C11H9BrFN5O2/c1-5-9(18(19)20)10(17-11(14)15-5)16-8-6(12)3-2-4-7(8)13/h2-4H,1H3,(H3,14,15,16,17). The predicted octanol–water partition coefficient (Wildman–Crippen LogP) is 2.92. The van der Waals surface area contributed by atoms with Crippen molar-refractivity contribution in [2.75, 3.05) is 11.1 Å². The number of nitro groups is 1. The van der Waals surface area contributed by atoms with Gasteiger partial charge in [0.25, 0.3) is 0 Å². The number of anilines is 3. The summed E-state index contributed by atoms with van der Waals surface area (Å²) in [6.45, 7) is 1.43. The minimum atomic E-state index is -0.647. The minimum absolute atomic E-state index is 0.0353. The van der Waals surface area contributed by atoms with E-state index in [1.807, 2.05) is 0 Å². The summed E-state index contributed by atoms with van der Waals surface area (Å²) in [6, 6.07) is 4.31. The quantitative estimate of drug-likeness (QED) is 0.656. The van der Waals surface area contributed by atoms with Crippen LogP contribution in [0.2, 0.25) is 0 Å². The highest BCUT2D eigenvalue weighted by Crippen LogP contribution is 2.33. The fraction of sp³-hybridized carbons (Fsp3) is 0.0909. The maximum absolute atomic E-state index is 13.7. The van der Waals surface area contributed by atoms with Crippen molar-refractivity contribution in [3.8, 4) is 0 Å². The van der Waals surface area contributed by atoms with Crippen LogP contribution in [0.5, 0.6) is 0 Å². The van der Waals surface area contributed by atoms with Crippen LogP contribution in [0.25, 0.3) is 0 Å². The molecular weight excluding hydrogens is 333 g/mol. The zero-order valence-electron chi connectivity index (χ0n) is 10.2. The molecule has 0 aliphatic heterocycles. The van der Waals surface area contributed by atoms with Crippen LogP contribution in [0.15, 0.2) is 22.7 Å². The molecule has 0 bridgehead atoms. The summed E-state index contributed by atoms with van der Waals surface area (Å²) in [4.78, 5) is 17.9. The van der Waals surface area contributed by atoms with Crippen molar-refractivity contribution >= 4 is 39.1 Å². The van der Waals surface area contributed by atoms with E-state index in [9.17, 15) is 14.5 Å². The van der Waals surface area contributed by atoms with Crippen molar-refractivity contribution in [1.82, 2.24) is 9.97 Å². The van der Waals surface area contributed by atoms with Gasteiger partial charge in [-0.05, 0) is 35.0 Å². The second-order valence-corrected chi connectivity index (χ2v) is 4.70. The van der Waals surface area contributed by atoms with E-state index < -0.39 is 10.7 Å². The maximum Gasteiger partial charge on any atom is 0.332 e. The molecule has 0 atom stereocenters. The Morgan fingerprint density at radius 2 is 2.15 bits per heavy atom. The van der Waals surface area contributed by atoms with Crippen molar-refractivity contribution in [2.24, 2.45) is 0 Å². The van der Waals surface area contributed by atoms with Gasteiger partial charge in [-0.1, -0.05) is 6.07 Å². The molecule has 0 saturated carbocycles. The van der Waals surface area contributed by atoms with Gasteiger partial charge >= 0.3 is 5.69 Å². The Morgan fingerprint density at radius 1 is 1.45 bits per heavy atom. The summed E-state index contributed by atoms with van der Waals surface area (Å²) in [5.41, 5.74) is 5.25. The molecule has 0 unspecified atom stereocenters. The van der Waals surface area contributed by atoms with Crippen LogP contribution in [0.3, 0.4) is 0 Å². The van der Waals surface area contributed by atoms with Gasteiger partial charge in [0.15, 0.2) is 0 Å². The van der Waals surface area contributed by atoms with Gasteiger partial charge in [0.05, 0.1) is 10.6 Å². The van der Waals surface area contributed by atoms with Gasteiger partial charge in [0.1, 0.15) is 11.5 Å². The molecule has 0 aliphatic rings. The molecule has 3 N–H and O–H groups in total. The second-order valence-electron chi connectivity index (χ2n) is 3.84. The predicted molar refractivity (Wildman–Crippen MR) is 75.2 cm³/mol. The Labute approximate surface area is 121 Å². The lowest BCUT2D eigenvalue weighted by molar-refractivity contribution is -0.385. The molecule has 0 fully saturated rings. The average Bonchev–Trinajstić information content (AvgIpc) is 2.32. The summed E-state index contributed by atoms with van der Waals surface area (Å²) in [5.74, 6) is -0.877. The van der Waals surface area contributed by atoms with E-state index in [-0.39, 0.29) is 28.8 Å². The number of benzene rings is 1. The molecule has 7 nitrogen and oxygen atoms in total. The first kappa shape index (κ1) is 14.1. The van der Waals surface area contributed by atoms with E-state index in [1.54, 1.807) is 6.07 Å². The number of nitrogens with zero attached hydrogens (tertiary/aromatic N) is 3. The lowest BCUT2D eigenvalue weighted by Crippen LogP contribution is -2.07. The van der Waals surface area contributed by atoms with E-state index >= 15 is 0 Å². The monoisotopic (exact) mass is 341 g/mol. The Morgan fingerprint density at radius 3 is 2.75 bits per heavy atom. The molecule has 0 radical (unpaired) electrons. The Bertz CT molecular complexity index is 675. The fourth-order valence-electron chi connectivity index (χ4n) is 1.63. The van der Waals surface area contributed by atoms with Gasteiger partial charge in [-0.3, -0.25) is 10.1 Å². The third kappa shape index (κ3) is 2.67. The van der Waals surface area contributed by atoms with Crippen LogP contribution in [0, 0.1) is 22.9 Å². The number of hydrogen-bond donors (Lipinski definition) is 2. The first-order chi connectivity index (χ1) is 9.40. The molecule has 2 aromatic rings. The molecule has 0 aliphatic carbocycles. The van der Waals surface area contributed by atoms with Gasteiger partial charge in [-0.2, -0.15) is 4.98 Å². The molecular formula is C11H9BrFN5O2. The summed E-state index contributed by atoms with van der Waals surface area (Å²) < 4.78 is 14.1. The molecule has 0 amide bonds. The van der Waals surface area contributed by atoms with Crippen LogP contribution in [-0.4, -0.2) is 14.9 Å². The molecule has 20 heavy (non-hydrogen) atoms. The minimum Gasteiger partial charge on any atom is -0.368 e. The topological polar surface area (TPSA) is 107 Å². The number of nitrogens with one attached hydrogen (secondary N) is 1. The zero-order chi connectivity index (χ0) is 14.9. The summed E-state index contributed by atoms with van der Waals surface area (Å²) >= 11 is 3.16. The van der Waals surface area contributed by atoms with E-state index in [2.05, 4.69) is 31.2 Å². The highest BCUT2D eigenvalue weighted by Gasteiger charge is 2.23. The summed E-state index contributed by atoms with van der Waals surface area (Å²) in [7, 11) is 0. The van der Waals surface area contributed by atoms with E-state index in [0.717, 1.165) is 0 Å². The number of halogens is 2. The number of hydrogen-bond acceptors (Lipinski definition) is 6. The van der Waals surface area contributed by atoms with Crippen molar-refractivity contribution in [2.45, 2.75) is 6.92 Å². The van der Waals surface area contributed by atoms with Crippen LogP contribution < -0.4 is 11.1 Å². The molecule has 104 valence electrons. The van der Waals surface area contributed by atoms with Crippen molar-refractivity contribution in [3.05, 3.63) is 44.3 Å². The number of rotatable bonds is 3. The van der Waals surface area contributed by atoms with Crippen LogP contribution in [0.4, 0.5) is 27.5 Å². The van der Waals surface area contributed by atoms with Crippen molar-refractivity contribution < 1.29 is 9.31 Å². The lowest BCUT2D eigenvalue weighted by atomic mass is 10.3. The fourth-order valence-corrected chi connectivity index (χ4v) is 2.07. The second kappa shape index (κ2) is 5.37. The number of aromatic nitrogens is 2. The number of aryl methyl sites for hydroxylation is 1. The summed E-state index contributed by atoms with van der Waals surface area (Å²) in [6.07, 6.45) is 0. The van der Waals surface area contributed by atoms with Gasteiger partial charge in [0.2, 0.25) is 11.8 Å². The van der Waals surface area contributed by atoms with Gasteiger partial charge < -0.3 is 11.1 Å². The molecule has 1 aromatic heterocycles. The maximum atomic E-state index is 13.7. The molecule has 1 aromatic carbocycles. The van der Waals surface area contributed by atoms with E-state index in [1.165, 1.54) is 19.1 Å². The molecule has 2 rings (SSSR count). The lowest BCUT2D eigenvalue weighted by Gasteiger charge is -2.10. The zero-order valence-corrected chi connectivity index (χ0v) is 11.8. The average molecular weight is 342 g/mol. The largest absolute Gasteiger partial charge is 0.368 e. The number of nitrogen functional groups attached to an aromatic ring is 1. The van der Waals surface area contributed by atoms with E-state index in [4.69, 9.17) is 5.73 Å². The Balaban J connectivity index is 2.56. The number of nitrogens with two attached hydrogens (primary N) is 1. The highest BCUT2D eigenvalue weighted by atomic mass is 79.9. The van der Waals surface area contributed by atoms with Crippen LogP contribution in [0.1, 0.15) is 5.69 Å². The van der Waals surface area contributed by atoms with Gasteiger partial charge in [-0.25, -0.2) is 9.37 Å². The molecule has 1 heterocycles. The molecule has 0 saturated heterocycles. The third-order valence-electron chi connectivity index (χ3n) is 2.46. The summed E-state index contributed by atoms with van der Waals surface area (Å²) in [5, 5.41) is 13.6. The molecule has 0 spiro atoms. The van der Waals surface area contributed by atoms with E-state index in [0.29, 0.717) is 4.47 Å². The SMILES string of the molecule is Cc1nc(N)nc(Nc2c(F)cccc2Br)c1[N+](=O)[O-]. The normalized spacial score (nSPS) is 10.3. The van der Waals surface area contributed by atoms with Crippen LogP contribution >= 0.6 is 15.9 Å². The Hall–Kier alpha value is -2.29.